The fourth-order valence-electron chi connectivity index (χ4n) is 5.03. The van der Waals surface area contributed by atoms with E-state index in [1.807, 2.05) is 34.8 Å². The van der Waals surface area contributed by atoms with Gasteiger partial charge >= 0.3 is 0 Å². The fourth-order valence-corrected chi connectivity index (χ4v) is 7.85. The minimum atomic E-state index is 0.931. The summed E-state index contributed by atoms with van der Waals surface area (Å²) in [4.78, 5) is 1.31. The van der Waals surface area contributed by atoms with Gasteiger partial charge in [0, 0.05) is 37.3 Å². The Morgan fingerprint density at radius 3 is 2.28 bits per heavy atom. The largest absolute Gasteiger partial charge is 0.456 e. The molecular formula is C28H15NOS2. The maximum absolute atomic E-state index is 6.08. The van der Waals surface area contributed by atoms with E-state index in [1.54, 1.807) is 0 Å². The van der Waals surface area contributed by atoms with Crippen LogP contribution in [0.3, 0.4) is 0 Å². The number of rotatable bonds is 1. The minimum absolute atomic E-state index is 0.931. The molecule has 0 aliphatic rings. The summed E-state index contributed by atoms with van der Waals surface area (Å²) in [5.41, 5.74) is 4.29. The van der Waals surface area contributed by atoms with Crippen molar-refractivity contribution in [3.8, 4) is 5.69 Å². The molecule has 0 bridgehead atoms. The van der Waals surface area contributed by atoms with Gasteiger partial charge in [0.05, 0.1) is 14.9 Å². The second kappa shape index (κ2) is 6.00. The van der Waals surface area contributed by atoms with Crippen LogP contribution in [0.15, 0.2) is 95.4 Å². The van der Waals surface area contributed by atoms with Crippen molar-refractivity contribution in [1.82, 2.24) is 4.57 Å². The molecule has 0 fully saturated rings. The Hall–Kier alpha value is -3.60. The monoisotopic (exact) mass is 445 g/mol. The van der Waals surface area contributed by atoms with Crippen LogP contribution >= 0.6 is 22.7 Å². The van der Waals surface area contributed by atoms with Crippen LogP contribution < -0.4 is 0 Å². The minimum Gasteiger partial charge on any atom is -0.456 e. The molecule has 0 radical (unpaired) electrons. The Balaban J connectivity index is 1.53. The molecule has 0 N–H and O–H groups in total. The third kappa shape index (κ3) is 2.08. The molecule has 0 spiro atoms. The van der Waals surface area contributed by atoms with E-state index in [4.69, 9.17) is 4.42 Å². The molecule has 4 heteroatoms. The topological polar surface area (TPSA) is 18.1 Å². The van der Waals surface area contributed by atoms with Gasteiger partial charge in [-0.3, -0.25) is 0 Å². The zero-order valence-corrected chi connectivity index (χ0v) is 18.5. The number of hydrogen-bond acceptors (Lipinski definition) is 3. The standard InChI is InChI=1S/C28H15NOS2/c1-4-10-21-18(8-1)25-27-26(19-9-3-6-12-24(19)31-27)32-28(25)29(21)16-13-14-23-20(15-16)17-7-2-5-11-22(17)30-23/h1-15H. The molecule has 4 aromatic heterocycles. The van der Waals surface area contributed by atoms with Crippen molar-refractivity contribution >= 4 is 85.2 Å². The predicted octanol–water partition coefficient (Wildman–Crippen LogP) is 9.11. The summed E-state index contributed by atoms with van der Waals surface area (Å²) in [6, 6.07) is 32.4. The first-order valence-corrected chi connectivity index (χ1v) is 12.2. The van der Waals surface area contributed by atoms with Crippen LogP contribution in [0.2, 0.25) is 0 Å². The van der Waals surface area contributed by atoms with E-state index in [0.717, 1.165) is 21.9 Å². The Labute approximate surface area is 190 Å². The number of nitrogens with zero attached hydrogens (tertiary/aromatic N) is 1. The molecule has 2 nitrogen and oxygen atoms in total. The van der Waals surface area contributed by atoms with Crippen LogP contribution in [0, 0.1) is 0 Å². The van der Waals surface area contributed by atoms with Gasteiger partial charge in [-0.1, -0.05) is 54.6 Å². The van der Waals surface area contributed by atoms with Crippen LogP contribution in [0.25, 0.3) is 68.2 Å². The fraction of sp³-hybridized carbons (Fsp3) is 0. The van der Waals surface area contributed by atoms with Crippen LogP contribution in [0.4, 0.5) is 0 Å². The smallest absolute Gasteiger partial charge is 0.135 e. The summed E-state index contributed by atoms with van der Waals surface area (Å²) < 4.78 is 12.7. The van der Waals surface area contributed by atoms with E-state index >= 15 is 0 Å². The van der Waals surface area contributed by atoms with Gasteiger partial charge in [-0.15, -0.1) is 22.7 Å². The zero-order chi connectivity index (χ0) is 20.8. The summed E-state index contributed by atoms with van der Waals surface area (Å²) in [5.74, 6) is 0. The van der Waals surface area contributed by atoms with E-state index in [-0.39, 0.29) is 0 Å². The summed E-state index contributed by atoms with van der Waals surface area (Å²) in [5, 5.41) is 6.38. The van der Waals surface area contributed by atoms with Gasteiger partial charge in [0.1, 0.15) is 16.0 Å². The van der Waals surface area contributed by atoms with Crippen LogP contribution in [0.1, 0.15) is 0 Å². The summed E-state index contributed by atoms with van der Waals surface area (Å²) in [6.45, 7) is 0. The number of furan rings is 1. The lowest BCUT2D eigenvalue weighted by molar-refractivity contribution is 0.669. The zero-order valence-electron chi connectivity index (χ0n) is 16.8. The molecule has 8 rings (SSSR count). The van der Waals surface area contributed by atoms with Crippen molar-refractivity contribution in [1.29, 1.82) is 0 Å². The number of thiophene rings is 2. The maximum atomic E-state index is 6.08. The second-order valence-electron chi connectivity index (χ2n) is 8.17. The van der Waals surface area contributed by atoms with Gasteiger partial charge in [0.25, 0.3) is 0 Å². The van der Waals surface area contributed by atoms with Gasteiger partial charge in [-0.2, -0.15) is 0 Å². The highest BCUT2D eigenvalue weighted by molar-refractivity contribution is 7.36. The first-order valence-electron chi connectivity index (χ1n) is 10.6. The Bertz CT molecular complexity index is 2000. The van der Waals surface area contributed by atoms with Crippen LogP contribution in [-0.2, 0) is 0 Å². The predicted molar refractivity (Wildman–Crippen MR) is 139 cm³/mol. The van der Waals surface area contributed by atoms with Crippen molar-refractivity contribution in [3.63, 3.8) is 0 Å². The normalized spacial score (nSPS) is 12.4. The highest BCUT2D eigenvalue weighted by Crippen LogP contribution is 2.48. The molecule has 4 heterocycles. The molecule has 0 unspecified atom stereocenters. The molecule has 0 saturated carbocycles. The van der Waals surface area contributed by atoms with Gasteiger partial charge in [0.15, 0.2) is 0 Å². The summed E-state index contributed by atoms with van der Waals surface area (Å²) in [6.07, 6.45) is 0. The van der Waals surface area contributed by atoms with Crippen LogP contribution in [0.5, 0.6) is 0 Å². The molecule has 0 saturated heterocycles. The molecule has 150 valence electrons. The third-order valence-electron chi connectivity index (χ3n) is 6.43. The second-order valence-corrected chi connectivity index (χ2v) is 10.2. The Kier molecular flexibility index (Phi) is 3.19. The summed E-state index contributed by atoms with van der Waals surface area (Å²) in [7, 11) is 0. The molecule has 0 amide bonds. The first kappa shape index (κ1) is 17.0. The van der Waals surface area contributed by atoms with Crippen molar-refractivity contribution in [2.24, 2.45) is 0 Å². The SMILES string of the molecule is c1ccc2c(c1)oc1ccc(-n3c4ccccc4c4c5sc6ccccc6c5sc43)cc12. The van der Waals surface area contributed by atoms with Gasteiger partial charge in [-0.25, -0.2) is 0 Å². The molecular weight excluding hydrogens is 430 g/mol. The van der Waals surface area contributed by atoms with Crippen molar-refractivity contribution in [3.05, 3.63) is 91.0 Å². The molecule has 0 aliphatic carbocycles. The first-order chi connectivity index (χ1) is 15.9. The molecule has 4 aromatic carbocycles. The molecule has 32 heavy (non-hydrogen) atoms. The lowest BCUT2D eigenvalue weighted by Crippen LogP contribution is -1.91. The molecule has 0 aliphatic heterocycles. The lowest BCUT2D eigenvalue weighted by atomic mass is 10.1. The van der Waals surface area contributed by atoms with Crippen LogP contribution in [-0.4, -0.2) is 4.57 Å². The number of aromatic nitrogens is 1. The van der Waals surface area contributed by atoms with Gasteiger partial charge in [-0.05, 0) is 36.4 Å². The number of hydrogen-bond donors (Lipinski definition) is 0. The number of benzene rings is 4. The van der Waals surface area contributed by atoms with E-state index < -0.39 is 0 Å². The quantitative estimate of drug-likeness (QED) is 0.246. The number of para-hydroxylation sites is 2. The number of fused-ring (bicyclic) bond motifs is 10. The van der Waals surface area contributed by atoms with E-state index in [9.17, 15) is 0 Å². The van der Waals surface area contributed by atoms with Crippen molar-refractivity contribution in [2.45, 2.75) is 0 Å². The summed E-state index contributed by atoms with van der Waals surface area (Å²) >= 11 is 3.82. The third-order valence-corrected chi connectivity index (χ3v) is 8.95. The molecule has 8 aromatic rings. The average Bonchev–Trinajstić information content (AvgIpc) is 3.55. The van der Waals surface area contributed by atoms with Gasteiger partial charge in [0.2, 0.25) is 0 Å². The van der Waals surface area contributed by atoms with E-state index in [0.29, 0.717) is 0 Å². The highest BCUT2D eigenvalue weighted by atomic mass is 32.1. The maximum Gasteiger partial charge on any atom is 0.135 e. The average molecular weight is 446 g/mol. The lowest BCUT2D eigenvalue weighted by Gasteiger charge is -2.07. The van der Waals surface area contributed by atoms with Gasteiger partial charge < -0.3 is 8.98 Å². The Morgan fingerprint density at radius 1 is 0.594 bits per heavy atom. The van der Waals surface area contributed by atoms with E-state index in [2.05, 4.69) is 83.4 Å². The van der Waals surface area contributed by atoms with E-state index in [1.165, 1.54) is 46.3 Å². The Morgan fingerprint density at radius 2 is 1.34 bits per heavy atom. The van der Waals surface area contributed by atoms with Crippen molar-refractivity contribution in [2.75, 3.05) is 0 Å². The van der Waals surface area contributed by atoms with Crippen molar-refractivity contribution < 1.29 is 4.42 Å². The highest BCUT2D eigenvalue weighted by Gasteiger charge is 2.20. The molecule has 0 atom stereocenters.